The number of anilines is 1. The molecule has 0 spiro atoms. The number of rotatable bonds is 3. The van der Waals surface area contributed by atoms with Crippen LogP contribution in [0.25, 0.3) is 0 Å². The van der Waals surface area contributed by atoms with Gasteiger partial charge >= 0.3 is 0 Å². The molecule has 0 bridgehead atoms. The summed E-state index contributed by atoms with van der Waals surface area (Å²) < 4.78 is 13.2. The van der Waals surface area contributed by atoms with E-state index in [1.165, 1.54) is 18.2 Å². The van der Waals surface area contributed by atoms with Crippen LogP contribution in [0.5, 0.6) is 5.75 Å². The van der Waals surface area contributed by atoms with Crippen LogP contribution in [0.3, 0.4) is 0 Å². The fourth-order valence-electron chi connectivity index (χ4n) is 1.61. The van der Waals surface area contributed by atoms with Crippen molar-refractivity contribution in [2.24, 2.45) is 0 Å². The van der Waals surface area contributed by atoms with Gasteiger partial charge in [-0.3, -0.25) is 4.79 Å². The number of para-hydroxylation sites is 1. The van der Waals surface area contributed by atoms with E-state index in [-0.39, 0.29) is 23.5 Å². The molecule has 0 radical (unpaired) electrons. The number of carbonyl (C=O) groups is 1. The van der Waals surface area contributed by atoms with Crippen LogP contribution in [0.2, 0.25) is 0 Å². The van der Waals surface area contributed by atoms with Crippen molar-refractivity contribution in [2.75, 3.05) is 5.73 Å². The summed E-state index contributed by atoms with van der Waals surface area (Å²) in [6.45, 7) is 0.164. The summed E-state index contributed by atoms with van der Waals surface area (Å²) in [5.74, 6) is -0.955. The molecule has 2 rings (SSSR count). The Bertz CT molecular complexity index is 614. The first-order chi connectivity index (χ1) is 9.08. The average Bonchev–Trinajstić information content (AvgIpc) is 2.40. The molecule has 0 unspecified atom stereocenters. The Kier molecular flexibility index (Phi) is 3.66. The third-order valence-electron chi connectivity index (χ3n) is 2.69. The molecule has 0 heterocycles. The largest absolute Gasteiger partial charge is 0.508 e. The van der Waals surface area contributed by atoms with Crippen molar-refractivity contribution >= 4 is 11.6 Å². The Balaban J connectivity index is 2.05. The Morgan fingerprint density at radius 2 is 2.00 bits per heavy atom. The standard InChI is InChI=1S/C14H13FN2O2/c15-11-7-9(5-6-12(11)16)14(19)17-8-10-3-1-2-4-13(10)18/h1-7,18H,8,16H2,(H,17,19). The highest BCUT2D eigenvalue weighted by molar-refractivity contribution is 5.94. The highest BCUT2D eigenvalue weighted by atomic mass is 19.1. The number of benzene rings is 2. The Morgan fingerprint density at radius 3 is 2.68 bits per heavy atom. The molecule has 0 saturated carbocycles. The van der Waals surface area contributed by atoms with E-state index < -0.39 is 11.7 Å². The summed E-state index contributed by atoms with van der Waals surface area (Å²) in [4.78, 5) is 11.8. The van der Waals surface area contributed by atoms with E-state index in [2.05, 4.69) is 5.32 Å². The molecule has 0 aliphatic carbocycles. The van der Waals surface area contributed by atoms with Gasteiger partial charge in [0, 0.05) is 17.7 Å². The third-order valence-corrected chi connectivity index (χ3v) is 2.69. The second-order valence-electron chi connectivity index (χ2n) is 4.05. The van der Waals surface area contributed by atoms with E-state index in [4.69, 9.17) is 5.73 Å². The van der Waals surface area contributed by atoms with Crippen molar-refractivity contribution in [3.8, 4) is 5.75 Å². The molecule has 5 heteroatoms. The lowest BCUT2D eigenvalue weighted by Crippen LogP contribution is -2.23. The molecule has 0 fully saturated rings. The molecule has 2 aromatic carbocycles. The van der Waals surface area contributed by atoms with Crippen molar-refractivity contribution in [3.05, 3.63) is 59.4 Å². The number of nitrogens with one attached hydrogen (secondary N) is 1. The number of phenols is 1. The molecule has 4 nitrogen and oxygen atoms in total. The fraction of sp³-hybridized carbons (Fsp3) is 0.0714. The van der Waals surface area contributed by atoms with Crippen LogP contribution in [0.15, 0.2) is 42.5 Å². The van der Waals surface area contributed by atoms with Crippen molar-refractivity contribution in [3.63, 3.8) is 0 Å². The number of amides is 1. The van der Waals surface area contributed by atoms with Gasteiger partial charge in [0.1, 0.15) is 11.6 Å². The van der Waals surface area contributed by atoms with Crippen LogP contribution in [-0.2, 0) is 6.54 Å². The molecule has 4 N–H and O–H groups in total. The molecule has 0 aliphatic rings. The lowest BCUT2D eigenvalue weighted by Gasteiger charge is -2.07. The zero-order chi connectivity index (χ0) is 13.8. The zero-order valence-electron chi connectivity index (χ0n) is 10.1. The van der Waals surface area contributed by atoms with Crippen LogP contribution in [-0.4, -0.2) is 11.0 Å². The number of hydrogen-bond donors (Lipinski definition) is 3. The van der Waals surface area contributed by atoms with Gasteiger partial charge in [0.25, 0.3) is 5.91 Å². The first-order valence-corrected chi connectivity index (χ1v) is 5.68. The monoisotopic (exact) mass is 260 g/mol. The predicted octanol–water partition coefficient (Wildman–Crippen LogP) is 2.04. The van der Waals surface area contributed by atoms with Crippen molar-refractivity contribution in [1.82, 2.24) is 5.32 Å². The Labute approximate surface area is 109 Å². The fourth-order valence-corrected chi connectivity index (χ4v) is 1.61. The van der Waals surface area contributed by atoms with Gasteiger partial charge in [-0.25, -0.2) is 4.39 Å². The van der Waals surface area contributed by atoms with Gasteiger partial charge in [-0.2, -0.15) is 0 Å². The van der Waals surface area contributed by atoms with Gasteiger partial charge in [0.2, 0.25) is 0 Å². The van der Waals surface area contributed by atoms with Crippen LogP contribution in [0.4, 0.5) is 10.1 Å². The van der Waals surface area contributed by atoms with Gasteiger partial charge in [0.15, 0.2) is 0 Å². The van der Waals surface area contributed by atoms with Crippen molar-refractivity contribution in [2.45, 2.75) is 6.54 Å². The predicted molar refractivity (Wildman–Crippen MR) is 70.1 cm³/mol. The summed E-state index contributed by atoms with van der Waals surface area (Å²) in [7, 11) is 0. The second-order valence-corrected chi connectivity index (χ2v) is 4.05. The van der Waals surface area contributed by atoms with E-state index in [9.17, 15) is 14.3 Å². The van der Waals surface area contributed by atoms with E-state index in [0.29, 0.717) is 5.56 Å². The number of hydrogen-bond acceptors (Lipinski definition) is 3. The molecule has 0 aliphatic heterocycles. The highest BCUT2D eigenvalue weighted by Crippen LogP contribution is 2.16. The summed E-state index contributed by atoms with van der Waals surface area (Å²) in [6.07, 6.45) is 0. The molecule has 0 atom stereocenters. The Hall–Kier alpha value is -2.56. The molecule has 0 saturated heterocycles. The van der Waals surface area contributed by atoms with Gasteiger partial charge in [-0.15, -0.1) is 0 Å². The summed E-state index contributed by atoms with van der Waals surface area (Å²) in [6, 6.07) is 10.5. The second kappa shape index (κ2) is 5.39. The van der Waals surface area contributed by atoms with Gasteiger partial charge in [-0.1, -0.05) is 18.2 Å². The molecule has 0 aromatic heterocycles. The van der Waals surface area contributed by atoms with E-state index in [0.717, 1.165) is 6.07 Å². The van der Waals surface area contributed by atoms with E-state index in [1.807, 2.05) is 0 Å². The molecular formula is C14H13FN2O2. The van der Waals surface area contributed by atoms with Gasteiger partial charge in [-0.05, 0) is 24.3 Å². The van der Waals surface area contributed by atoms with Crippen LogP contribution in [0.1, 0.15) is 15.9 Å². The summed E-state index contributed by atoms with van der Waals surface area (Å²) >= 11 is 0. The normalized spacial score (nSPS) is 10.2. The number of nitrogens with two attached hydrogens (primary N) is 1. The maximum Gasteiger partial charge on any atom is 0.251 e. The van der Waals surface area contributed by atoms with Crippen molar-refractivity contribution in [1.29, 1.82) is 0 Å². The smallest absolute Gasteiger partial charge is 0.251 e. The van der Waals surface area contributed by atoms with Crippen LogP contribution < -0.4 is 11.1 Å². The van der Waals surface area contributed by atoms with E-state index in [1.54, 1.807) is 18.2 Å². The lowest BCUT2D eigenvalue weighted by atomic mass is 10.1. The van der Waals surface area contributed by atoms with Gasteiger partial charge < -0.3 is 16.2 Å². The highest BCUT2D eigenvalue weighted by Gasteiger charge is 2.09. The molecular weight excluding hydrogens is 247 g/mol. The first-order valence-electron chi connectivity index (χ1n) is 5.68. The minimum Gasteiger partial charge on any atom is -0.508 e. The van der Waals surface area contributed by atoms with Crippen LogP contribution in [0, 0.1) is 5.82 Å². The molecule has 2 aromatic rings. The quantitative estimate of drug-likeness (QED) is 0.739. The van der Waals surface area contributed by atoms with Crippen LogP contribution >= 0.6 is 0 Å². The summed E-state index contributed by atoms with van der Waals surface area (Å²) in [5.41, 5.74) is 6.10. The minimum atomic E-state index is -0.629. The molecule has 19 heavy (non-hydrogen) atoms. The summed E-state index contributed by atoms with van der Waals surface area (Å²) in [5, 5.41) is 12.1. The van der Waals surface area contributed by atoms with Gasteiger partial charge in [0.05, 0.1) is 5.69 Å². The Morgan fingerprint density at radius 1 is 1.26 bits per heavy atom. The van der Waals surface area contributed by atoms with Crippen molar-refractivity contribution < 1.29 is 14.3 Å². The molecule has 98 valence electrons. The maximum absolute atomic E-state index is 13.2. The SMILES string of the molecule is Nc1ccc(C(=O)NCc2ccccc2O)cc1F. The number of carbonyl (C=O) groups excluding carboxylic acids is 1. The first kappa shape index (κ1) is 12.9. The maximum atomic E-state index is 13.2. The third kappa shape index (κ3) is 3.01. The number of aromatic hydroxyl groups is 1. The number of nitrogen functional groups attached to an aromatic ring is 1. The topological polar surface area (TPSA) is 75.4 Å². The minimum absolute atomic E-state index is 0.00254. The molecule has 1 amide bonds. The number of halogens is 1. The average molecular weight is 260 g/mol. The number of phenolic OH excluding ortho intramolecular Hbond substituents is 1. The lowest BCUT2D eigenvalue weighted by molar-refractivity contribution is 0.0950. The zero-order valence-corrected chi connectivity index (χ0v) is 10.1. The van der Waals surface area contributed by atoms with E-state index >= 15 is 0 Å².